The van der Waals surface area contributed by atoms with E-state index in [4.69, 9.17) is 16.3 Å². The fraction of sp³-hybridized carbons (Fsp3) is 0.632. The maximum Gasteiger partial charge on any atom is 0.417 e. The highest BCUT2D eigenvalue weighted by molar-refractivity contribution is 6.33. The molecule has 162 valence electrons. The lowest BCUT2D eigenvalue weighted by Crippen LogP contribution is -2.55. The van der Waals surface area contributed by atoms with Crippen LogP contribution in [0.25, 0.3) is 0 Å². The second-order valence-electron chi connectivity index (χ2n) is 7.35. The van der Waals surface area contributed by atoms with Gasteiger partial charge in [0.15, 0.2) is 0 Å². The van der Waals surface area contributed by atoms with Gasteiger partial charge in [0.05, 0.1) is 17.7 Å². The third kappa shape index (κ3) is 5.52. The molecule has 1 fully saturated rings. The Morgan fingerprint density at radius 3 is 2.45 bits per heavy atom. The molecule has 0 spiro atoms. The number of pyridine rings is 1. The van der Waals surface area contributed by atoms with Crippen LogP contribution in [-0.2, 0) is 20.5 Å². The highest BCUT2D eigenvalue weighted by Gasteiger charge is 2.38. The van der Waals surface area contributed by atoms with Gasteiger partial charge in [-0.1, -0.05) is 24.9 Å². The molecule has 1 atom stereocenters. The van der Waals surface area contributed by atoms with Crippen molar-refractivity contribution in [3.63, 3.8) is 0 Å². The summed E-state index contributed by atoms with van der Waals surface area (Å²) in [6.45, 7) is 4.38. The van der Waals surface area contributed by atoms with Gasteiger partial charge in [-0.05, 0) is 32.3 Å². The van der Waals surface area contributed by atoms with Gasteiger partial charge in [0.25, 0.3) is 0 Å². The fourth-order valence-electron chi connectivity index (χ4n) is 3.49. The Morgan fingerprint density at radius 1 is 1.34 bits per heavy atom. The van der Waals surface area contributed by atoms with Gasteiger partial charge in [0, 0.05) is 25.2 Å². The number of aromatic nitrogens is 1. The van der Waals surface area contributed by atoms with E-state index in [1.165, 1.54) is 7.11 Å². The number of esters is 1. The molecule has 0 aliphatic carbocycles. The Bertz CT molecular complexity index is 752. The number of ether oxygens (including phenoxy) is 1. The monoisotopic (exact) mass is 435 g/mol. The van der Waals surface area contributed by atoms with Gasteiger partial charge in [-0.2, -0.15) is 13.2 Å². The van der Waals surface area contributed by atoms with Gasteiger partial charge >= 0.3 is 12.1 Å². The summed E-state index contributed by atoms with van der Waals surface area (Å²) in [5, 5.41) is 2.73. The Labute approximate surface area is 172 Å². The molecule has 1 unspecified atom stereocenters. The van der Waals surface area contributed by atoms with Crippen LogP contribution in [0.1, 0.15) is 45.1 Å². The number of anilines is 1. The maximum absolute atomic E-state index is 12.8. The number of nitrogens with zero attached hydrogens (tertiary/aromatic N) is 2. The Kier molecular flexibility index (Phi) is 7.37. The zero-order valence-corrected chi connectivity index (χ0v) is 17.4. The number of piperidine rings is 1. The summed E-state index contributed by atoms with van der Waals surface area (Å²) in [5.74, 6) is -0.785. The first kappa shape index (κ1) is 23.3. The lowest BCUT2D eigenvalue weighted by molar-refractivity contribution is -0.151. The van der Waals surface area contributed by atoms with Crippen molar-refractivity contribution in [2.75, 3.05) is 25.1 Å². The molecule has 1 aromatic rings. The van der Waals surface area contributed by atoms with E-state index in [0.29, 0.717) is 38.8 Å². The first-order valence-electron chi connectivity index (χ1n) is 9.40. The van der Waals surface area contributed by atoms with Crippen molar-refractivity contribution in [2.24, 2.45) is 5.92 Å². The molecule has 0 aromatic carbocycles. The second kappa shape index (κ2) is 9.19. The van der Waals surface area contributed by atoms with E-state index in [0.717, 1.165) is 12.3 Å². The number of carbonyl (C=O) groups is 2. The van der Waals surface area contributed by atoms with Gasteiger partial charge < -0.3 is 15.0 Å². The predicted molar refractivity (Wildman–Crippen MR) is 103 cm³/mol. The molecule has 1 amide bonds. The number of methoxy groups -OCH3 is 1. The van der Waals surface area contributed by atoms with Gasteiger partial charge in [-0.25, -0.2) is 9.78 Å². The van der Waals surface area contributed by atoms with E-state index in [1.807, 2.05) is 6.92 Å². The largest absolute Gasteiger partial charge is 0.467 e. The smallest absolute Gasteiger partial charge is 0.417 e. The molecule has 1 N–H and O–H groups in total. The molecule has 2 rings (SSSR count). The molecular formula is C19H25ClF3N3O3. The minimum Gasteiger partial charge on any atom is -0.467 e. The van der Waals surface area contributed by atoms with Crippen LogP contribution in [-0.4, -0.2) is 42.6 Å². The van der Waals surface area contributed by atoms with Gasteiger partial charge in [-0.15, -0.1) is 0 Å². The molecule has 0 radical (unpaired) electrons. The summed E-state index contributed by atoms with van der Waals surface area (Å²) in [4.78, 5) is 30.4. The van der Waals surface area contributed by atoms with Crippen LogP contribution in [0.2, 0.25) is 5.02 Å². The van der Waals surface area contributed by atoms with E-state index < -0.39 is 23.2 Å². The molecule has 2 heterocycles. The highest BCUT2D eigenvalue weighted by atomic mass is 35.5. The first-order valence-corrected chi connectivity index (χ1v) is 9.77. The zero-order valence-electron chi connectivity index (χ0n) is 16.6. The van der Waals surface area contributed by atoms with E-state index in [1.54, 1.807) is 11.8 Å². The molecule has 6 nitrogen and oxygen atoms in total. The third-order valence-corrected chi connectivity index (χ3v) is 5.38. The molecule has 0 bridgehead atoms. The van der Waals surface area contributed by atoms with Crippen molar-refractivity contribution < 1.29 is 27.5 Å². The van der Waals surface area contributed by atoms with Crippen LogP contribution in [0.3, 0.4) is 0 Å². The van der Waals surface area contributed by atoms with Crippen molar-refractivity contribution in [3.8, 4) is 0 Å². The normalized spacial score (nSPS) is 17.6. The molecule has 1 saturated heterocycles. The van der Waals surface area contributed by atoms with Crippen LogP contribution in [0.4, 0.5) is 19.0 Å². The number of rotatable bonds is 6. The van der Waals surface area contributed by atoms with E-state index in [9.17, 15) is 22.8 Å². The van der Waals surface area contributed by atoms with Crippen LogP contribution in [0.15, 0.2) is 12.3 Å². The SMILES string of the molecule is CCCC(C)(NC(=O)C1CCN(c2ncc(C(F)(F)F)cc2Cl)CC1)C(=O)OC. The van der Waals surface area contributed by atoms with Crippen LogP contribution in [0, 0.1) is 5.92 Å². The van der Waals surface area contributed by atoms with Crippen LogP contribution < -0.4 is 10.2 Å². The second-order valence-corrected chi connectivity index (χ2v) is 7.76. The average molecular weight is 436 g/mol. The lowest BCUT2D eigenvalue weighted by Gasteiger charge is -2.35. The van der Waals surface area contributed by atoms with E-state index in [2.05, 4.69) is 10.3 Å². The summed E-state index contributed by atoms with van der Waals surface area (Å²) in [5.41, 5.74) is -1.99. The first-order chi connectivity index (χ1) is 13.5. The quantitative estimate of drug-likeness (QED) is 0.688. The molecular weight excluding hydrogens is 411 g/mol. The molecule has 29 heavy (non-hydrogen) atoms. The van der Waals surface area contributed by atoms with Crippen LogP contribution in [0.5, 0.6) is 0 Å². The van der Waals surface area contributed by atoms with Gasteiger partial charge in [0.2, 0.25) is 5.91 Å². The average Bonchev–Trinajstić information content (AvgIpc) is 2.66. The molecule has 1 aromatic heterocycles. The fourth-order valence-corrected chi connectivity index (χ4v) is 3.77. The Balaban J connectivity index is 2.01. The molecule has 1 aliphatic heterocycles. The standard InChI is InChI=1S/C19H25ClF3N3O3/c1-4-7-18(2,17(28)29-3)25-16(27)12-5-8-26(9-6-12)15-14(20)10-13(11-24-15)19(21,22)23/h10-12H,4-9H2,1-3H3,(H,25,27). The summed E-state index contributed by atoms with van der Waals surface area (Å²) >= 11 is 6.01. The van der Waals surface area contributed by atoms with Crippen molar-refractivity contribution >= 4 is 29.3 Å². The van der Waals surface area contributed by atoms with Crippen molar-refractivity contribution in [3.05, 3.63) is 22.8 Å². The van der Waals surface area contributed by atoms with Crippen LogP contribution >= 0.6 is 11.6 Å². The number of nitrogens with one attached hydrogen (secondary N) is 1. The number of hydrogen-bond donors (Lipinski definition) is 1. The molecule has 0 saturated carbocycles. The lowest BCUT2D eigenvalue weighted by atomic mass is 9.91. The highest BCUT2D eigenvalue weighted by Crippen LogP contribution is 2.34. The summed E-state index contributed by atoms with van der Waals surface area (Å²) < 4.78 is 43.1. The molecule has 10 heteroatoms. The third-order valence-electron chi connectivity index (χ3n) is 5.10. The topological polar surface area (TPSA) is 71.5 Å². The minimum atomic E-state index is -4.51. The minimum absolute atomic E-state index is 0.0797. The van der Waals surface area contributed by atoms with Crippen molar-refractivity contribution in [2.45, 2.75) is 51.2 Å². The summed E-state index contributed by atoms with van der Waals surface area (Å²) in [6, 6.07) is 0.856. The number of alkyl halides is 3. The van der Waals surface area contributed by atoms with Crippen molar-refractivity contribution in [1.82, 2.24) is 10.3 Å². The number of carbonyl (C=O) groups excluding carboxylic acids is 2. The zero-order chi connectivity index (χ0) is 21.8. The Morgan fingerprint density at radius 2 is 1.97 bits per heavy atom. The number of hydrogen-bond acceptors (Lipinski definition) is 5. The van der Waals surface area contributed by atoms with E-state index >= 15 is 0 Å². The predicted octanol–water partition coefficient (Wildman–Crippen LogP) is 3.82. The van der Waals surface area contributed by atoms with E-state index in [-0.39, 0.29) is 22.7 Å². The van der Waals surface area contributed by atoms with Gasteiger partial charge in [0.1, 0.15) is 11.4 Å². The summed E-state index contributed by atoms with van der Waals surface area (Å²) in [7, 11) is 1.28. The van der Waals surface area contributed by atoms with Gasteiger partial charge in [-0.3, -0.25) is 4.79 Å². The van der Waals surface area contributed by atoms with Crippen molar-refractivity contribution in [1.29, 1.82) is 0 Å². The number of halogens is 4. The summed E-state index contributed by atoms with van der Waals surface area (Å²) in [6.07, 6.45) is -1.67. The molecule has 1 aliphatic rings. The maximum atomic E-state index is 12.8. The Hall–Kier alpha value is -2.03. The number of amides is 1.